The summed E-state index contributed by atoms with van der Waals surface area (Å²) < 4.78 is 18.7. The van der Waals surface area contributed by atoms with Gasteiger partial charge in [-0.05, 0) is 35.4 Å². The minimum absolute atomic E-state index is 0.0349. The molecule has 4 heteroatoms. The molecule has 0 fully saturated rings. The third-order valence-electron chi connectivity index (χ3n) is 2.47. The van der Waals surface area contributed by atoms with Crippen molar-refractivity contribution in [2.45, 2.75) is 13.2 Å². The molecular weight excluding hydrogens is 255 g/mol. The van der Waals surface area contributed by atoms with Crippen molar-refractivity contribution in [1.29, 1.82) is 0 Å². The number of hydrogen-bond acceptors (Lipinski definition) is 2. The zero-order valence-electron chi connectivity index (χ0n) is 9.57. The van der Waals surface area contributed by atoms with Gasteiger partial charge < -0.3 is 9.84 Å². The summed E-state index contributed by atoms with van der Waals surface area (Å²) >= 11 is 5.59. The fourth-order valence-electron chi connectivity index (χ4n) is 1.53. The molecule has 0 amide bonds. The third-order valence-corrected chi connectivity index (χ3v) is 2.78. The van der Waals surface area contributed by atoms with Crippen LogP contribution in [-0.2, 0) is 13.2 Å². The summed E-state index contributed by atoms with van der Waals surface area (Å²) in [7, 11) is 0. The molecule has 0 aliphatic heterocycles. The average Bonchev–Trinajstić information content (AvgIpc) is 2.40. The van der Waals surface area contributed by atoms with E-state index in [0.29, 0.717) is 11.3 Å². The Balaban J connectivity index is 2.04. The molecule has 0 bridgehead atoms. The topological polar surface area (TPSA) is 29.5 Å². The fraction of sp³-hybridized carbons (Fsp3) is 0.143. The lowest BCUT2D eigenvalue weighted by molar-refractivity contribution is 0.278. The summed E-state index contributed by atoms with van der Waals surface area (Å²) in [5.41, 5.74) is 1.47. The van der Waals surface area contributed by atoms with E-state index in [1.54, 1.807) is 30.3 Å². The molecule has 94 valence electrons. The van der Waals surface area contributed by atoms with Gasteiger partial charge >= 0.3 is 0 Å². The Morgan fingerprint density at radius 1 is 1.11 bits per heavy atom. The van der Waals surface area contributed by atoms with Crippen LogP contribution in [0.3, 0.4) is 0 Å². The number of ether oxygens (including phenoxy) is 1. The van der Waals surface area contributed by atoms with Crippen molar-refractivity contribution in [1.82, 2.24) is 0 Å². The summed E-state index contributed by atoms with van der Waals surface area (Å²) in [6.45, 7) is 0.218. The predicted octanol–water partition coefficient (Wildman–Crippen LogP) is 3.55. The average molecular weight is 267 g/mol. The summed E-state index contributed by atoms with van der Waals surface area (Å²) in [6, 6.07) is 11.7. The van der Waals surface area contributed by atoms with Crippen LogP contribution in [0.5, 0.6) is 5.75 Å². The smallest absolute Gasteiger partial charge is 0.142 e. The molecule has 18 heavy (non-hydrogen) atoms. The van der Waals surface area contributed by atoms with E-state index in [9.17, 15) is 4.39 Å². The van der Waals surface area contributed by atoms with E-state index >= 15 is 0 Å². The maximum atomic E-state index is 13.2. The van der Waals surface area contributed by atoms with Gasteiger partial charge in [-0.15, -0.1) is 0 Å². The molecule has 0 aromatic heterocycles. The van der Waals surface area contributed by atoms with Gasteiger partial charge in [0.1, 0.15) is 18.2 Å². The monoisotopic (exact) mass is 266 g/mol. The van der Waals surface area contributed by atoms with E-state index in [1.807, 2.05) is 0 Å². The van der Waals surface area contributed by atoms with Crippen LogP contribution >= 0.6 is 11.6 Å². The zero-order chi connectivity index (χ0) is 13.0. The Labute approximate surface area is 110 Å². The summed E-state index contributed by atoms with van der Waals surface area (Å²) in [5, 5.41) is 9.09. The van der Waals surface area contributed by atoms with Gasteiger partial charge in [-0.25, -0.2) is 4.39 Å². The van der Waals surface area contributed by atoms with Crippen LogP contribution in [0.15, 0.2) is 42.5 Å². The van der Waals surface area contributed by atoms with Crippen LogP contribution in [-0.4, -0.2) is 5.11 Å². The molecule has 0 spiro atoms. The van der Waals surface area contributed by atoms with Crippen LogP contribution in [0.2, 0.25) is 5.02 Å². The maximum Gasteiger partial charge on any atom is 0.142 e. The predicted molar refractivity (Wildman–Crippen MR) is 68.1 cm³/mol. The van der Waals surface area contributed by atoms with Crippen LogP contribution in [0.25, 0.3) is 0 Å². The van der Waals surface area contributed by atoms with Crippen molar-refractivity contribution in [3.8, 4) is 5.75 Å². The van der Waals surface area contributed by atoms with Crippen LogP contribution in [0, 0.1) is 5.82 Å². The Morgan fingerprint density at radius 2 is 1.94 bits per heavy atom. The highest BCUT2D eigenvalue weighted by Crippen LogP contribution is 2.18. The number of benzene rings is 2. The summed E-state index contributed by atoms with van der Waals surface area (Å²) in [6.07, 6.45) is 0. The van der Waals surface area contributed by atoms with E-state index in [2.05, 4.69) is 0 Å². The second-order valence-electron chi connectivity index (χ2n) is 3.84. The molecule has 0 aliphatic carbocycles. The van der Waals surface area contributed by atoms with Crippen molar-refractivity contribution >= 4 is 11.6 Å². The minimum Gasteiger partial charge on any atom is -0.489 e. The standard InChI is InChI=1S/C14H12ClFO2/c15-13-5-4-11(7-14(13)16)9-18-12-3-1-2-10(6-12)8-17/h1-7,17H,8-9H2. The first-order valence-electron chi connectivity index (χ1n) is 5.45. The van der Waals surface area contributed by atoms with Crippen molar-refractivity contribution in [3.05, 3.63) is 64.4 Å². The van der Waals surface area contributed by atoms with Gasteiger partial charge in [-0.1, -0.05) is 29.8 Å². The third kappa shape index (κ3) is 3.22. The van der Waals surface area contributed by atoms with E-state index in [4.69, 9.17) is 21.4 Å². The fourth-order valence-corrected chi connectivity index (χ4v) is 1.65. The largest absolute Gasteiger partial charge is 0.489 e. The Kier molecular flexibility index (Phi) is 4.18. The summed E-state index contributed by atoms with van der Waals surface area (Å²) in [4.78, 5) is 0. The number of rotatable bonds is 4. The summed E-state index contributed by atoms with van der Waals surface area (Å²) in [5.74, 6) is 0.179. The van der Waals surface area contributed by atoms with Gasteiger partial charge in [0, 0.05) is 0 Å². The van der Waals surface area contributed by atoms with Crippen LogP contribution in [0.1, 0.15) is 11.1 Å². The van der Waals surface area contributed by atoms with Gasteiger partial charge in [0.15, 0.2) is 0 Å². The molecular formula is C14H12ClFO2. The molecule has 0 atom stereocenters. The molecule has 2 aromatic carbocycles. The van der Waals surface area contributed by atoms with Gasteiger partial charge in [0.25, 0.3) is 0 Å². The van der Waals surface area contributed by atoms with Crippen LogP contribution < -0.4 is 4.74 Å². The number of hydrogen-bond donors (Lipinski definition) is 1. The highest BCUT2D eigenvalue weighted by atomic mass is 35.5. The highest BCUT2D eigenvalue weighted by molar-refractivity contribution is 6.30. The Hall–Kier alpha value is -1.58. The number of aliphatic hydroxyl groups is 1. The highest BCUT2D eigenvalue weighted by Gasteiger charge is 2.02. The molecule has 0 saturated heterocycles. The number of halogens is 2. The van der Waals surface area contributed by atoms with Gasteiger partial charge in [0.05, 0.1) is 11.6 Å². The number of aliphatic hydroxyl groups excluding tert-OH is 1. The Morgan fingerprint density at radius 3 is 2.67 bits per heavy atom. The lowest BCUT2D eigenvalue weighted by atomic mass is 10.2. The van der Waals surface area contributed by atoms with E-state index in [1.165, 1.54) is 12.1 Å². The first-order valence-corrected chi connectivity index (χ1v) is 5.83. The zero-order valence-corrected chi connectivity index (χ0v) is 10.3. The van der Waals surface area contributed by atoms with Gasteiger partial charge in [-0.3, -0.25) is 0 Å². The SMILES string of the molecule is OCc1cccc(OCc2ccc(Cl)c(F)c2)c1. The second kappa shape index (κ2) is 5.85. The van der Waals surface area contributed by atoms with Crippen molar-refractivity contribution in [3.63, 3.8) is 0 Å². The second-order valence-corrected chi connectivity index (χ2v) is 4.25. The molecule has 0 saturated carbocycles. The van der Waals surface area contributed by atoms with Crippen LogP contribution in [0.4, 0.5) is 4.39 Å². The molecule has 0 unspecified atom stereocenters. The molecule has 2 nitrogen and oxygen atoms in total. The normalized spacial score (nSPS) is 10.4. The Bertz CT molecular complexity index is 543. The molecule has 2 aromatic rings. The van der Waals surface area contributed by atoms with Crippen molar-refractivity contribution in [2.24, 2.45) is 0 Å². The van der Waals surface area contributed by atoms with E-state index < -0.39 is 5.82 Å². The quantitative estimate of drug-likeness (QED) is 0.917. The van der Waals surface area contributed by atoms with Crippen molar-refractivity contribution < 1.29 is 14.2 Å². The van der Waals surface area contributed by atoms with Crippen molar-refractivity contribution in [2.75, 3.05) is 0 Å². The minimum atomic E-state index is -0.457. The first kappa shape index (κ1) is 12.9. The molecule has 0 aliphatic rings. The molecule has 1 N–H and O–H groups in total. The molecule has 0 radical (unpaired) electrons. The molecule has 0 heterocycles. The molecule has 2 rings (SSSR count). The lowest BCUT2D eigenvalue weighted by Gasteiger charge is -2.07. The first-order chi connectivity index (χ1) is 8.69. The van der Waals surface area contributed by atoms with E-state index in [-0.39, 0.29) is 18.2 Å². The lowest BCUT2D eigenvalue weighted by Crippen LogP contribution is -1.97. The van der Waals surface area contributed by atoms with Gasteiger partial charge in [0.2, 0.25) is 0 Å². The van der Waals surface area contributed by atoms with E-state index in [0.717, 1.165) is 5.56 Å². The van der Waals surface area contributed by atoms with Gasteiger partial charge in [-0.2, -0.15) is 0 Å². The maximum absolute atomic E-state index is 13.2.